The fourth-order valence-corrected chi connectivity index (χ4v) is 3.30. The van der Waals surface area contributed by atoms with Crippen LogP contribution in [0.4, 0.5) is 0 Å². The maximum absolute atomic E-state index is 5.85. The van der Waals surface area contributed by atoms with Crippen molar-refractivity contribution in [1.29, 1.82) is 0 Å². The van der Waals surface area contributed by atoms with E-state index in [1.54, 1.807) is 11.8 Å². The lowest BCUT2D eigenvalue weighted by atomic mass is 10.2. The van der Waals surface area contributed by atoms with E-state index in [0.717, 1.165) is 40.2 Å². The number of aryl methyl sites for hydroxylation is 1. The maximum Gasteiger partial charge on any atom is 0.191 e. The summed E-state index contributed by atoms with van der Waals surface area (Å²) in [6.45, 7) is 5.66. The number of nitrogens with zero attached hydrogens (tertiary/aromatic N) is 3. The molecule has 1 heterocycles. The molecule has 0 unspecified atom stereocenters. The van der Waals surface area contributed by atoms with Crippen LogP contribution in [-0.4, -0.2) is 27.1 Å². The van der Waals surface area contributed by atoms with Gasteiger partial charge in [-0.15, -0.1) is 10.2 Å². The highest BCUT2D eigenvalue weighted by atomic mass is 32.2. The molecule has 24 heavy (non-hydrogen) atoms. The summed E-state index contributed by atoms with van der Waals surface area (Å²) >= 11 is 1.68. The zero-order valence-corrected chi connectivity index (χ0v) is 14.8. The van der Waals surface area contributed by atoms with Crippen LogP contribution in [-0.2, 0) is 6.54 Å². The van der Waals surface area contributed by atoms with Crippen molar-refractivity contribution >= 4 is 11.8 Å². The first kappa shape index (κ1) is 16.6. The molecule has 0 amide bonds. The molecular weight excluding hydrogens is 318 g/mol. The number of hydrogen-bond donors (Lipinski definition) is 0. The van der Waals surface area contributed by atoms with E-state index in [-0.39, 0.29) is 0 Å². The van der Waals surface area contributed by atoms with Gasteiger partial charge in [-0.05, 0) is 25.5 Å². The molecule has 5 heteroatoms. The van der Waals surface area contributed by atoms with Crippen LogP contribution in [0.5, 0.6) is 5.75 Å². The minimum absolute atomic E-state index is 0.646. The van der Waals surface area contributed by atoms with Crippen molar-refractivity contribution < 1.29 is 4.74 Å². The lowest BCUT2D eigenvalue weighted by molar-refractivity contribution is 0.341. The number of hydrogen-bond acceptors (Lipinski definition) is 4. The number of benzene rings is 2. The number of para-hydroxylation sites is 1. The number of rotatable bonds is 7. The Morgan fingerprint density at radius 1 is 1.00 bits per heavy atom. The summed E-state index contributed by atoms with van der Waals surface area (Å²) in [6, 6.07) is 18.2. The molecule has 0 saturated heterocycles. The summed E-state index contributed by atoms with van der Waals surface area (Å²) in [7, 11) is 0. The fourth-order valence-electron chi connectivity index (χ4n) is 2.48. The topological polar surface area (TPSA) is 39.9 Å². The van der Waals surface area contributed by atoms with Gasteiger partial charge in [0.1, 0.15) is 5.75 Å². The Hall–Kier alpha value is -2.27. The zero-order chi connectivity index (χ0) is 16.8. The van der Waals surface area contributed by atoms with Gasteiger partial charge in [0.25, 0.3) is 0 Å². The van der Waals surface area contributed by atoms with E-state index < -0.39 is 0 Å². The second kappa shape index (κ2) is 8.02. The molecule has 0 atom stereocenters. The first-order chi connectivity index (χ1) is 11.8. The molecule has 1 aromatic heterocycles. The monoisotopic (exact) mass is 339 g/mol. The predicted molar refractivity (Wildman–Crippen MR) is 98.5 cm³/mol. The van der Waals surface area contributed by atoms with E-state index >= 15 is 0 Å². The maximum atomic E-state index is 5.85. The highest BCUT2D eigenvalue weighted by Crippen LogP contribution is 2.24. The molecule has 0 saturated carbocycles. The Kier molecular flexibility index (Phi) is 5.54. The van der Waals surface area contributed by atoms with Gasteiger partial charge in [0, 0.05) is 17.9 Å². The first-order valence-electron chi connectivity index (χ1n) is 8.09. The quantitative estimate of drug-likeness (QED) is 0.471. The normalized spacial score (nSPS) is 10.8. The Bertz CT molecular complexity index is 786. The smallest absolute Gasteiger partial charge is 0.191 e. The Morgan fingerprint density at radius 3 is 2.50 bits per heavy atom. The van der Waals surface area contributed by atoms with Crippen molar-refractivity contribution in [3.8, 4) is 17.1 Å². The molecule has 2 aromatic carbocycles. The highest BCUT2D eigenvalue weighted by molar-refractivity contribution is 7.99. The van der Waals surface area contributed by atoms with Crippen molar-refractivity contribution in [1.82, 2.24) is 14.8 Å². The molecule has 0 aliphatic carbocycles. The molecule has 124 valence electrons. The average Bonchev–Trinajstić information content (AvgIpc) is 3.04. The largest absolute Gasteiger partial charge is 0.492 e. The molecular formula is C19H21N3OS. The predicted octanol–water partition coefficient (Wildman–Crippen LogP) is 4.44. The molecule has 3 rings (SSSR count). The molecule has 0 N–H and O–H groups in total. The van der Waals surface area contributed by atoms with Gasteiger partial charge in [-0.3, -0.25) is 0 Å². The number of ether oxygens (including phenoxy) is 1. The zero-order valence-electron chi connectivity index (χ0n) is 14.0. The molecule has 0 bridgehead atoms. The van der Waals surface area contributed by atoms with E-state index in [1.807, 2.05) is 36.4 Å². The molecule has 0 spiro atoms. The Labute approximate surface area is 146 Å². The van der Waals surface area contributed by atoms with Gasteiger partial charge < -0.3 is 9.30 Å². The molecule has 0 radical (unpaired) electrons. The molecule has 0 fully saturated rings. The second-order valence-corrected chi connectivity index (χ2v) is 6.44. The van der Waals surface area contributed by atoms with Crippen LogP contribution in [0.25, 0.3) is 11.4 Å². The van der Waals surface area contributed by atoms with E-state index in [1.165, 1.54) is 0 Å². The first-order valence-corrected chi connectivity index (χ1v) is 9.08. The number of thioether (sulfide) groups is 1. The van der Waals surface area contributed by atoms with E-state index in [0.29, 0.717) is 6.61 Å². The third-order valence-electron chi connectivity index (χ3n) is 3.73. The second-order valence-electron chi connectivity index (χ2n) is 5.38. The van der Waals surface area contributed by atoms with Gasteiger partial charge in [0.05, 0.1) is 6.61 Å². The molecule has 3 aromatic rings. The summed E-state index contributed by atoms with van der Waals surface area (Å²) in [6.07, 6.45) is 0. The van der Waals surface area contributed by atoms with Gasteiger partial charge in [0.2, 0.25) is 0 Å². The molecule has 0 aliphatic rings. The van der Waals surface area contributed by atoms with Crippen LogP contribution in [0.15, 0.2) is 59.8 Å². The minimum atomic E-state index is 0.646. The average molecular weight is 339 g/mol. The summed E-state index contributed by atoms with van der Waals surface area (Å²) in [5.74, 6) is 2.70. The molecule has 0 aliphatic heterocycles. The third kappa shape index (κ3) is 3.79. The van der Waals surface area contributed by atoms with Crippen molar-refractivity contribution in [2.24, 2.45) is 0 Å². The summed E-state index contributed by atoms with van der Waals surface area (Å²) in [4.78, 5) is 0. The van der Waals surface area contributed by atoms with Gasteiger partial charge in [0.15, 0.2) is 11.0 Å². The van der Waals surface area contributed by atoms with E-state index in [9.17, 15) is 0 Å². The SMILES string of the molecule is CCn1c(SCCOc2ccccc2C)nnc1-c1ccccc1. The van der Waals surface area contributed by atoms with Crippen LogP contribution in [0.2, 0.25) is 0 Å². The van der Waals surface area contributed by atoms with E-state index in [4.69, 9.17) is 4.74 Å². The number of aromatic nitrogens is 3. The van der Waals surface area contributed by atoms with Gasteiger partial charge >= 0.3 is 0 Å². The van der Waals surface area contributed by atoms with Gasteiger partial charge in [-0.25, -0.2) is 0 Å². The van der Waals surface area contributed by atoms with Crippen molar-refractivity contribution in [2.45, 2.75) is 25.5 Å². The third-order valence-corrected chi connectivity index (χ3v) is 4.66. The molecule has 4 nitrogen and oxygen atoms in total. The van der Waals surface area contributed by atoms with Crippen LogP contribution in [0.1, 0.15) is 12.5 Å². The van der Waals surface area contributed by atoms with Crippen molar-refractivity contribution in [3.63, 3.8) is 0 Å². The summed E-state index contributed by atoms with van der Waals surface area (Å²) in [5.41, 5.74) is 2.25. The standard InChI is InChI=1S/C19H21N3OS/c1-3-22-18(16-10-5-4-6-11-16)20-21-19(22)24-14-13-23-17-12-8-7-9-15(17)2/h4-12H,3,13-14H2,1-2H3. The van der Waals surface area contributed by atoms with E-state index in [2.05, 4.69) is 46.8 Å². The van der Waals surface area contributed by atoms with Gasteiger partial charge in [-0.2, -0.15) is 0 Å². The Morgan fingerprint density at radius 2 is 1.75 bits per heavy atom. The van der Waals surface area contributed by atoms with Crippen molar-refractivity contribution in [3.05, 3.63) is 60.2 Å². The summed E-state index contributed by atoms with van der Waals surface area (Å²) < 4.78 is 7.99. The van der Waals surface area contributed by atoms with Crippen LogP contribution < -0.4 is 4.74 Å². The minimum Gasteiger partial charge on any atom is -0.492 e. The Balaban J connectivity index is 1.62. The van der Waals surface area contributed by atoms with Crippen LogP contribution in [0.3, 0.4) is 0 Å². The highest BCUT2D eigenvalue weighted by Gasteiger charge is 2.12. The van der Waals surface area contributed by atoms with Crippen LogP contribution >= 0.6 is 11.8 Å². The van der Waals surface area contributed by atoms with Gasteiger partial charge in [-0.1, -0.05) is 60.3 Å². The lowest BCUT2D eigenvalue weighted by Gasteiger charge is -2.09. The van der Waals surface area contributed by atoms with Crippen LogP contribution in [0, 0.1) is 6.92 Å². The fraction of sp³-hybridized carbons (Fsp3) is 0.263. The van der Waals surface area contributed by atoms with Crippen molar-refractivity contribution in [2.75, 3.05) is 12.4 Å². The lowest BCUT2D eigenvalue weighted by Crippen LogP contribution is -2.04. The summed E-state index contributed by atoms with van der Waals surface area (Å²) in [5, 5.41) is 9.64.